The van der Waals surface area contributed by atoms with Crippen molar-refractivity contribution < 1.29 is 24.4 Å². The number of benzene rings is 1. The summed E-state index contributed by atoms with van der Waals surface area (Å²) in [4.78, 5) is 32.5. The maximum absolute atomic E-state index is 11.5. The van der Waals surface area contributed by atoms with Crippen molar-refractivity contribution in [2.24, 2.45) is 0 Å². The van der Waals surface area contributed by atoms with E-state index in [0.29, 0.717) is 5.56 Å². The zero-order chi connectivity index (χ0) is 14.4. The highest BCUT2D eigenvalue weighted by atomic mass is 16.6. The summed E-state index contributed by atoms with van der Waals surface area (Å²) in [7, 11) is 1.03. The summed E-state index contributed by atoms with van der Waals surface area (Å²) in [5.41, 5.74) is 0.414. The standard InChI is InChI=1S/C12H13NO6/c1-19-12(16)11(13(17)18)9(7-10(14)15)8-5-3-2-4-6-8/h2-6,9,11H,7H2,1H3,(H,14,15). The molecule has 0 saturated heterocycles. The molecule has 0 aliphatic heterocycles. The van der Waals surface area contributed by atoms with Crippen LogP contribution in [0.1, 0.15) is 17.9 Å². The average molecular weight is 267 g/mol. The van der Waals surface area contributed by atoms with E-state index in [-0.39, 0.29) is 0 Å². The molecule has 102 valence electrons. The second-order valence-corrected chi connectivity index (χ2v) is 3.87. The van der Waals surface area contributed by atoms with Crippen LogP contribution in [0, 0.1) is 10.1 Å². The molecule has 0 aliphatic rings. The number of hydrogen-bond donors (Lipinski definition) is 1. The summed E-state index contributed by atoms with van der Waals surface area (Å²) in [5, 5.41) is 19.9. The molecule has 0 spiro atoms. The van der Waals surface area contributed by atoms with Gasteiger partial charge in [-0.25, -0.2) is 4.79 Å². The van der Waals surface area contributed by atoms with Gasteiger partial charge in [0.25, 0.3) is 0 Å². The van der Waals surface area contributed by atoms with E-state index in [1.807, 2.05) is 0 Å². The molecule has 0 aromatic heterocycles. The van der Waals surface area contributed by atoms with Crippen LogP contribution >= 0.6 is 0 Å². The van der Waals surface area contributed by atoms with Gasteiger partial charge in [-0.05, 0) is 5.56 Å². The van der Waals surface area contributed by atoms with Gasteiger partial charge in [-0.3, -0.25) is 14.9 Å². The number of nitro groups is 1. The lowest BCUT2D eigenvalue weighted by Gasteiger charge is -2.17. The largest absolute Gasteiger partial charge is 0.481 e. The molecule has 0 bridgehead atoms. The third-order valence-electron chi connectivity index (χ3n) is 2.67. The van der Waals surface area contributed by atoms with Gasteiger partial charge in [0.2, 0.25) is 0 Å². The lowest BCUT2D eigenvalue weighted by Crippen LogP contribution is -2.37. The lowest BCUT2D eigenvalue weighted by molar-refractivity contribution is -0.514. The quantitative estimate of drug-likeness (QED) is 0.469. The smallest absolute Gasteiger partial charge is 0.382 e. The predicted molar refractivity (Wildman–Crippen MR) is 64.2 cm³/mol. The molecule has 0 aliphatic carbocycles. The van der Waals surface area contributed by atoms with Crippen LogP contribution in [0.3, 0.4) is 0 Å². The fourth-order valence-corrected chi connectivity index (χ4v) is 1.82. The molecule has 7 nitrogen and oxygen atoms in total. The molecule has 1 aromatic carbocycles. The third-order valence-corrected chi connectivity index (χ3v) is 2.67. The summed E-state index contributed by atoms with van der Waals surface area (Å²) < 4.78 is 4.38. The van der Waals surface area contributed by atoms with Gasteiger partial charge >= 0.3 is 18.0 Å². The normalized spacial score (nSPS) is 13.3. The number of carboxylic acids is 1. The van der Waals surface area contributed by atoms with E-state index >= 15 is 0 Å². The summed E-state index contributed by atoms with van der Waals surface area (Å²) in [6.45, 7) is 0. The number of carbonyl (C=O) groups excluding carboxylic acids is 1. The van der Waals surface area contributed by atoms with Gasteiger partial charge in [0.15, 0.2) is 0 Å². The summed E-state index contributed by atoms with van der Waals surface area (Å²) in [6, 6.07) is 6.31. The Balaban J connectivity index is 3.17. The fourth-order valence-electron chi connectivity index (χ4n) is 1.82. The van der Waals surface area contributed by atoms with E-state index in [1.165, 1.54) is 0 Å². The molecular formula is C12H13NO6. The lowest BCUT2D eigenvalue weighted by atomic mass is 9.89. The molecule has 0 radical (unpaired) electrons. The van der Waals surface area contributed by atoms with E-state index in [1.54, 1.807) is 30.3 Å². The first-order chi connectivity index (χ1) is 8.97. The van der Waals surface area contributed by atoms with Crippen molar-refractivity contribution in [3.8, 4) is 0 Å². The van der Waals surface area contributed by atoms with Crippen molar-refractivity contribution in [3.05, 3.63) is 46.0 Å². The van der Waals surface area contributed by atoms with E-state index < -0.39 is 35.2 Å². The van der Waals surface area contributed by atoms with Gasteiger partial charge in [0.05, 0.1) is 19.4 Å². The van der Waals surface area contributed by atoms with Crippen molar-refractivity contribution in [2.75, 3.05) is 7.11 Å². The van der Waals surface area contributed by atoms with Crippen molar-refractivity contribution >= 4 is 11.9 Å². The number of esters is 1. The molecule has 0 amide bonds. The number of rotatable bonds is 6. The Kier molecular flexibility index (Phi) is 4.99. The molecule has 7 heteroatoms. The Hall–Kier alpha value is -2.44. The van der Waals surface area contributed by atoms with Crippen LogP contribution in [0.5, 0.6) is 0 Å². The first-order valence-electron chi connectivity index (χ1n) is 5.45. The first-order valence-corrected chi connectivity index (χ1v) is 5.45. The molecular weight excluding hydrogens is 254 g/mol. The first kappa shape index (κ1) is 14.6. The Bertz CT molecular complexity index is 472. The number of methoxy groups -OCH3 is 1. The van der Waals surface area contributed by atoms with E-state index in [2.05, 4.69) is 4.74 Å². The summed E-state index contributed by atoms with van der Waals surface area (Å²) in [5.74, 6) is -3.34. The predicted octanol–water partition coefficient (Wildman–Crippen LogP) is 1.06. The van der Waals surface area contributed by atoms with Crippen LogP contribution in [-0.4, -0.2) is 35.1 Å². The van der Waals surface area contributed by atoms with Crippen LogP contribution in [0.25, 0.3) is 0 Å². The molecule has 1 N–H and O–H groups in total. The zero-order valence-corrected chi connectivity index (χ0v) is 10.2. The van der Waals surface area contributed by atoms with Crippen molar-refractivity contribution in [1.82, 2.24) is 0 Å². The van der Waals surface area contributed by atoms with E-state index in [0.717, 1.165) is 7.11 Å². The number of carboxylic acid groups (broad SMARTS) is 1. The summed E-state index contributed by atoms with van der Waals surface area (Å²) >= 11 is 0. The maximum atomic E-state index is 11.5. The van der Waals surface area contributed by atoms with Crippen molar-refractivity contribution in [3.63, 3.8) is 0 Å². The molecule has 0 fully saturated rings. The highest BCUT2D eigenvalue weighted by Crippen LogP contribution is 2.26. The highest BCUT2D eigenvalue weighted by Gasteiger charge is 2.41. The molecule has 2 unspecified atom stereocenters. The Morgan fingerprint density at radius 1 is 1.37 bits per heavy atom. The van der Waals surface area contributed by atoms with Crippen LogP contribution < -0.4 is 0 Å². The molecule has 0 saturated carbocycles. The van der Waals surface area contributed by atoms with Gasteiger partial charge < -0.3 is 9.84 Å². The van der Waals surface area contributed by atoms with Crippen molar-refractivity contribution in [2.45, 2.75) is 18.4 Å². The van der Waals surface area contributed by atoms with Gasteiger partial charge in [-0.15, -0.1) is 0 Å². The minimum atomic E-state index is -1.73. The number of ether oxygens (including phenoxy) is 1. The SMILES string of the molecule is COC(=O)C(C(CC(=O)O)c1ccccc1)[N+](=O)[O-]. The Morgan fingerprint density at radius 3 is 2.37 bits per heavy atom. The van der Waals surface area contributed by atoms with Crippen LogP contribution in [0.4, 0.5) is 0 Å². The van der Waals surface area contributed by atoms with Gasteiger partial charge in [0.1, 0.15) is 0 Å². The number of hydrogen-bond acceptors (Lipinski definition) is 5. The second kappa shape index (κ2) is 6.48. The maximum Gasteiger partial charge on any atom is 0.382 e. The minimum Gasteiger partial charge on any atom is -0.481 e. The third kappa shape index (κ3) is 3.77. The molecule has 2 atom stereocenters. The van der Waals surface area contributed by atoms with Gasteiger partial charge in [0, 0.05) is 4.92 Å². The van der Waals surface area contributed by atoms with Crippen LogP contribution in [0.15, 0.2) is 30.3 Å². The Morgan fingerprint density at radius 2 is 1.95 bits per heavy atom. The number of carbonyl (C=O) groups is 2. The molecule has 1 aromatic rings. The molecule has 0 heterocycles. The Labute approximate surface area is 109 Å². The fraction of sp³-hybridized carbons (Fsp3) is 0.333. The van der Waals surface area contributed by atoms with Crippen molar-refractivity contribution in [1.29, 1.82) is 0 Å². The monoisotopic (exact) mass is 267 g/mol. The van der Waals surface area contributed by atoms with Gasteiger partial charge in [-0.1, -0.05) is 30.3 Å². The van der Waals surface area contributed by atoms with Crippen LogP contribution in [0.2, 0.25) is 0 Å². The minimum absolute atomic E-state index is 0.414. The number of aliphatic carboxylic acids is 1. The molecule has 19 heavy (non-hydrogen) atoms. The van der Waals surface area contributed by atoms with E-state index in [9.17, 15) is 19.7 Å². The van der Waals surface area contributed by atoms with Gasteiger partial charge in [-0.2, -0.15) is 0 Å². The second-order valence-electron chi connectivity index (χ2n) is 3.87. The molecule has 1 rings (SSSR count). The highest BCUT2D eigenvalue weighted by molar-refractivity contribution is 5.77. The summed E-state index contributed by atoms with van der Waals surface area (Å²) in [6.07, 6.45) is -0.523. The van der Waals surface area contributed by atoms with E-state index in [4.69, 9.17) is 5.11 Å². The average Bonchev–Trinajstić information content (AvgIpc) is 2.37. The topological polar surface area (TPSA) is 107 Å². The van der Waals surface area contributed by atoms with Crippen LogP contribution in [-0.2, 0) is 14.3 Å². The number of nitrogens with zero attached hydrogens (tertiary/aromatic N) is 1. The zero-order valence-electron chi connectivity index (χ0n) is 10.2.